The Balaban J connectivity index is 3.02. The van der Waals surface area contributed by atoms with Crippen molar-refractivity contribution in [1.29, 1.82) is 0 Å². The van der Waals surface area contributed by atoms with Gasteiger partial charge in [-0.05, 0) is 25.7 Å². The highest BCUT2D eigenvalue weighted by Crippen LogP contribution is 2.12. The molecule has 0 rings (SSSR count). The minimum atomic E-state index is 1.11. The van der Waals surface area contributed by atoms with Crippen molar-refractivity contribution in [3.05, 3.63) is 26.0 Å². The van der Waals surface area contributed by atoms with Crippen molar-refractivity contribution in [2.45, 2.75) is 122 Å². The number of allylic oxidation sites excluding steroid dienone is 2. The molecule has 0 fully saturated rings. The second-order valence-electron chi connectivity index (χ2n) is 7.06. The van der Waals surface area contributed by atoms with Crippen LogP contribution in [0.25, 0.3) is 0 Å². The first-order valence-electron chi connectivity index (χ1n) is 10.6. The van der Waals surface area contributed by atoms with Crippen LogP contribution in [0.4, 0.5) is 0 Å². The minimum absolute atomic E-state index is 1.11. The fourth-order valence-electron chi connectivity index (χ4n) is 3.06. The third-order valence-electron chi connectivity index (χ3n) is 4.66. The summed E-state index contributed by atoms with van der Waals surface area (Å²) in [5, 5.41) is 0. The molecule has 0 saturated carbocycles. The predicted molar refractivity (Wildman–Crippen MR) is 108 cm³/mol. The molecule has 0 N–H and O–H groups in total. The van der Waals surface area contributed by atoms with Crippen LogP contribution in [-0.4, -0.2) is 0 Å². The summed E-state index contributed by atoms with van der Waals surface area (Å²) in [6.07, 6.45) is 30.7. The van der Waals surface area contributed by atoms with E-state index in [1.54, 1.807) is 0 Å². The quantitative estimate of drug-likeness (QED) is 0.165. The van der Waals surface area contributed by atoms with Gasteiger partial charge in [0.15, 0.2) is 0 Å². The first-order valence-corrected chi connectivity index (χ1v) is 10.6. The summed E-state index contributed by atoms with van der Waals surface area (Å²) in [7, 11) is 0. The average Bonchev–Trinajstić information content (AvgIpc) is 2.57. The molecular weight excluding hydrogens is 276 g/mol. The molecule has 0 aromatic rings. The first-order chi connectivity index (χ1) is 11.4. The fourth-order valence-corrected chi connectivity index (χ4v) is 3.06. The molecule has 23 heavy (non-hydrogen) atoms. The van der Waals surface area contributed by atoms with Gasteiger partial charge in [-0.25, -0.2) is 0 Å². The van der Waals surface area contributed by atoms with Crippen LogP contribution in [0.15, 0.2) is 12.2 Å². The number of hydrogen-bond donors (Lipinski definition) is 0. The van der Waals surface area contributed by atoms with Crippen molar-refractivity contribution >= 4 is 0 Å². The molecular formula is C23H44. The van der Waals surface area contributed by atoms with Crippen molar-refractivity contribution in [1.82, 2.24) is 0 Å². The molecule has 0 bridgehead atoms. The summed E-state index contributed by atoms with van der Waals surface area (Å²) >= 11 is 0. The van der Waals surface area contributed by atoms with Gasteiger partial charge >= 0.3 is 0 Å². The Kier molecular flexibility index (Phi) is 21.5. The maximum absolute atomic E-state index is 3.90. The van der Waals surface area contributed by atoms with E-state index in [0.717, 1.165) is 12.8 Å². The summed E-state index contributed by atoms with van der Waals surface area (Å²) in [6.45, 7) is 7.79. The van der Waals surface area contributed by atoms with Gasteiger partial charge < -0.3 is 0 Å². The summed E-state index contributed by atoms with van der Waals surface area (Å²) in [5.41, 5.74) is 0. The van der Waals surface area contributed by atoms with E-state index in [1.807, 2.05) is 0 Å². The third kappa shape index (κ3) is 21.7. The van der Waals surface area contributed by atoms with E-state index in [2.05, 4.69) is 26.0 Å². The smallest absolute Gasteiger partial charge is 0.0351 e. The molecule has 0 unspecified atom stereocenters. The van der Waals surface area contributed by atoms with E-state index in [0.29, 0.717) is 0 Å². The topological polar surface area (TPSA) is 0 Å². The Labute approximate surface area is 148 Å². The molecule has 0 spiro atoms. The molecule has 0 saturated heterocycles. The lowest BCUT2D eigenvalue weighted by Crippen LogP contribution is -1.82. The lowest BCUT2D eigenvalue weighted by molar-refractivity contribution is 0.553. The second kappa shape index (κ2) is 21.7. The van der Waals surface area contributed by atoms with Crippen molar-refractivity contribution in [3.63, 3.8) is 0 Å². The van der Waals surface area contributed by atoms with Gasteiger partial charge in [0.1, 0.15) is 0 Å². The van der Waals surface area contributed by atoms with Crippen LogP contribution in [0.3, 0.4) is 0 Å². The zero-order chi connectivity index (χ0) is 16.8. The summed E-state index contributed by atoms with van der Waals surface area (Å²) in [6, 6.07) is 0. The van der Waals surface area contributed by atoms with Gasteiger partial charge in [-0.2, -0.15) is 0 Å². The van der Waals surface area contributed by atoms with Crippen LogP contribution < -0.4 is 0 Å². The summed E-state index contributed by atoms with van der Waals surface area (Å²) in [4.78, 5) is 0. The largest absolute Gasteiger partial charge is 0.0885 e. The molecule has 0 heteroatoms. The average molecular weight is 321 g/mol. The Morgan fingerprint density at radius 3 is 0.913 bits per heavy atom. The lowest BCUT2D eigenvalue weighted by Gasteiger charge is -2.01. The molecule has 0 aromatic heterocycles. The Bertz CT molecular complexity index is 216. The third-order valence-corrected chi connectivity index (χ3v) is 4.66. The summed E-state index contributed by atoms with van der Waals surface area (Å²) < 4.78 is 0. The van der Waals surface area contributed by atoms with Gasteiger partial charge in [0.25, 0.3) is 0 Å². The lowest BCUT2D eigenvalue weighted by atomic mass is 10.1. The molecule has 0 aliphatic rings. The predicted octanol–water partition coefficient (Wildman–Crippen LogP) is 8.62. The monoisotopic (exact) mass is 320 g/mol. The molecule has 2 radical (unpaired) electrons. The number of unbranched alkanes of at least 4 members (excludes halogenated alkanes) is 17. The van der Waals surface area contributed by atoms with E-state index in [1.165, 1.54) is 109 Å². The van der Waals surface area contributed by atoms with E-state index < -0.39 is 0 Å². The van der Waals surface area contributed by atoms with Crippen molar-refractivity contribution in [3.8, 4) is 0 Å². The Hall–Kier alpha value is -0.260. The minimum Gasteiger partial charge on any atom is -0.0885 e. The van der Waals surface area contributed by atoms with E-state index >= 15 is 0 Å². The SMILES string of the molecule is [CH2]CCCCCCC/C=C/CCCCCCCCCCCC[CH2]. The van der Waals surface area contributed by atoms with Crippen LogP contribution in [0.5, 0.6) is 0 Å². The molecule has 0 aliphatic heterocycles. The highest BCUT2D eigenvalue weighted by Gasteiger charge is 1.92. The zero-order valence-corrected chi connectivity index (χ0v) is 16.0. The van der Waals surface area contributed by atoms with Crippen molar-refractivity contribution < 1.29 is 0 Å². The van der Waals surface area contributed by atoms with Gasteiger partial charge in [-0.3, -0.25) is 0 Å². The standard InChI is InChI=1S/C23H44/c1-3-5-7-9-11-13-15-17-19-21-23-22-20-18-16-14-12-10-8-6-4-2/h17,19H,1-16,18,20-23H2/b19-17+. The van der Waals surface area contributed by atoms with Gasteiger partial charge in [-0.1, -0.05) is 122 Å². The van der Waals surface area contributed by atoms with Crippen LogP contribution in [0.2, 0.25) is 0 Å². The molecule has 0 amide bonds. The molecule has 0 atom stereocenters. The highest BCUT2D eigenvalue weighted by atomic mass is 14.0. The maximum Gasteiger partial charge on any atom is -0.0351 e. The Morgan fingerprint density at radius 2 is 0.609 bits per heavy atom. The van der Waals surface area contributed by atoms with Gasteiger partial charge in [0, 0.05) is 0 Å². The van der Waals surface area contributed by atoms with Crippen LogP contribution in [-0.2, 0) is 0 Å². The van der Waals surface area contributed by atoms with Gasteiger partial charge in [0.05, 0.1) is 0 Å². The Morgan fingerprint density at radius 1 is 0.348 bits per heavy atom. The van der Waals surface area contributed by atoms with E-state index in [-0.39, 0.29) is 0 Å². The molecule has 0 aliphatic carbocycles. The van der Waals surface area contributed by atoms with Crippen molar-refractivity contribution in [2.75, 3.05) is 0 Å². The first kappa shape index (κ1) is 22.7. The van der Waals surface area contributed by atoms with Crippen molar-refractivity contribution in [2.24, 2.45) is 0 Å². The maximum atomic E-state index is 3.90. The summed E-state index contributed by atoms with van der Waals surface area (Å²) in [5.74, 6) is 0. The zero-order valence-electron chi connectivity index (χ0n) is 16.0. The van der Waals surface area contributed by atoms with Gasteiger partial charge in [-0.15, -0.1) is 0 Å². The normalized spacial score (nSPS) is 11.6. The molecule has 0 aromatic carbocycles. The number of hydrogen-bond acceptors (Lipinski definition) is 0. The molecule has 136 valence electrons. The van der Waals surface area contributed by atoms with E-state index in [4.69, 9.17) is 0 Å². The van der Waals surface area contributed by atoms with Crippen LogP contribution in [0, 0.1) is 13.8 Å². The van der Waals surface area contributed by atoms with E-state index in [9.17, 15) is 0 Å². The second-order valence-corrected chi connectivity index (χ2v) is 7.06. The van der Waals surface area contributed by atoms with Crippen LogP contribution >= 0.6 is 0 Å². The molecule has 0 nitrogen and oxygen atoms in total. The number of rotatable bonds is 19. The van der Waals surface area contributed by atoms with Gasteiger partial charge in [0.2, 0.25) is 0 Å². The highest BCUT2D eigenvalue weighted by molar-refractivity contribution is 4.81. The molecule has 0 heterocycles. The van der Waals surface area contributed by atoms with Crippen LogP contribution in [0.1, 0.15) is 122 Å². The fraction of sp³-hybridized carbons (Fsp3) is 0.826.